The van der Waals surface area contributed by atoms with Crippen LogP contribution in [0.15, 0.2) is 42.5 Å². The number of hydrogen-bond acceptors (Lipinski definition) is 7. The number of aryl methyl sites for hydroxylation is 1. The van der Waals surface area contributed by atoms with E-state index in [1.807, 2.05) is 0 Å². The Morgan fingerprint density at radius 3 is 2.63 bits per heavy atom. The first-order valence-electron chi connectivity index (χ1n) is 9.07. The number of nitro benzene ring substituents is 1. The van der Waals surface area contributed by atoms with Gasteiger partial charge in [-0.15, -0.1) is 0 Å². The number of carbonyl (C=O) groups excluding carboxylic acids is 1. The average molecular weight is 410 g/mol. The van der Waals surface area contributed by atoms with E-state index in [-0.39, 0.29) is 5.69 Å². The lowest BCUT2D eigenvalue weighted by Gasteiger charge is -2.21. The van der Waals surface area contributed by atoms with E-state index in [9.17, 15) is 14.9 Å². The SMILES string of the molecule is COc1cc(C(=O)Nc2cc(C)nn2-c2ccc([N+](=O)[O-])cc2)cc2c1OCCO2. The zero-order valence-corrected chi connectivity index (χ0v) is 16.2. The molecule has 30 heavy (non-hydrogen) atoms. The summed E-state index contributed by atoms with van der Waals surface area (Å²) < 4.78 is 18.0. The highest BCUT2D eigenvalue weighted by Crippen LogP contribution is 2.40. The third-order valence-corrected chi connectivity index (χ3v) is 4.47. The van der Waals surface area contributed by atoms with Crippen LogP contribution >= 0.6 is 0 Å². The Bertz CT molecular complexity index is 1110. The van der Waals surface area contributed by atoms with Crippen molar-refractivity contribution in [2.45, 2.75) is 6.92 Å². The molecule has 1 N–H and O–H groups in total. The average Bonchev–Trinajstić information content (AvgIpc) is 3.12. The summed E-state index contributed by atoms with van der Waals surface area (Å²) in [5.41, 5.74) is 1.54. The highest BCUT2D eigenvalue weighted by Gasteiger charge is 2.22. The number of methoxy groups -OCH3 is 1. The van der Waals surface area contributed by atoms with Crippen molar-refractivity contribution >= 4 is 17.4 Å². The van der Waals surface area contributed by atoms with Crippen LogP contribution in [0.3, 0.4) is 0 Å². The molecule has 0 atom stereocenters. The molecule has 1 amide bonds. The van der Waals surface area contributed by atoms with Crippen LogP contribution in [0.4, 0.5) is 11.5 Å². The van der Waals surface area contributed by atoms with Gasteiger partial charge in [-0.1, -0.05) is 0 Å². The lowest BCUT2D eigenvalue weighted by molar-refractivity contribution is -0.384. The summed E-state index contributed by atoms with van der Waals surface area (Å²) in [4.78, 5) is 23.3. The minimum Gasteiger partial charge on any atom is -0.493 e. The fourth-order valence-corrected chi connectivity index (χ4v) is 3.09. The Labute approximate surface area is 171 Å². The Kier molecular flexibility index (Phi) is 4.97. The predicted molar refractivity (Wildman–Crippen MR) is 107 cm³/mol. The van der Waals surface area contributed by atoms with Gasteiger partial charge < -0.3 is 19.5 Å². The lowest BCUT2D eigenvalue weighted by atomic mass is 10.1. The van der Waals surface area contributed by atoms with Crippen molar-refractivity contribution < 1.29 is 23.9 Å². The number of amides is 1. The molecule has 1 aliphatic rings. The van der Waals surface area contributed by atoms with Crippen molar-refractivity contribution in [3.05, 3.63) is 63.8 Å². The molecule has 154 valence electrons. The molecule has 4 rings (SSSR count). The van der Waals surface area contributed by atoms with Crippen molar-refractivity contribution in [3.8, 4) is 22.9 Å². The standard InChI is InChI=1S/C20H18N4O6/c1-12-9-18(23(22-12)14-3-5-15(6-4-14)24(26)27)21-20(25)13-10-16(28-2)19-17(11-13)29-7-8-30-19/h3-6,9-11H,7-8H2,1-2H3,(H,21,25). The van der Waals surface area contributed by atoms with Gasteiger partial charge in [0, 0.05) is 23.8 Å². The third kappa shape index (κ3) is 3.62. The number of rotatable bonds is 5. The van der Waals surface area contributed by atoms with Crippen LogP contribution in [0.25, 0.3) is 5.69 Å². The molecule has 0 spiro atoms. The molecule has 0 aliphatic carbocycles. The molecule has 2 heterocycles. The Balaban J connectivity index is 1.64. The van der Waals surface area contributed by atoms with E-state index in [1.165, 1.54) is 23.9 Å². The number of hydrogen-bond donors (Lipinski definition) is 1. The molecular formula is C20H18N4O6. The minimum atomic E-state index is -0.476. The Morgan fingerprint density at radius 2 is 1.93 bits per heavy atom. The van der Waals surface area contributed by atoms with Crippen LogP contribution in [0.5, 0.6) is 17.2 Å². The van der Waals surface area contributed by atoms with Crippen LogP contribution in [0.1, 0.15) is 16.1 Å². The van der Waals surface area contributed by atoms with E-state index in [2.05, 4.69) is 10.4 Å². The monoisotopic (exact) mass is 410 g/mol. The highest BCUT2D eigenvalue weighted by atomic mass is 16.6. The zero-order chi connectivity index (χ0) is 21.3. The molecular weight excluding hydrogens is 392 g/mol. The van der Waals surface area contributed by atoms with Gasteiger partial charge in [0.05, 0.1) is 23.4 Å². The van der Waals surface area contributed by atoms with E-state index >= 15 is 0 Å². The van der Waals surface area contributed by atoms with Crippen LogP contribution in [-0.4, -0.2) is 40.9 Å². The number of nitrogens with zero attached hydrogens (tertiary/aromatic N) is 3. The van der Waals surface area contributed by atoms with Crippen LogP contribution < -0.4 is 19.5 Å². The molecule has 0 fully saturated rings. The molecule has 0 bridgehead atoms. The molecule has 1 aliphatic heterocycles. The number of carbonyl (C=O) groups is 1. The minimum absolute atomic E-state index is 0.0309. The molecule has 0 unspecified atom stereocenters. The van der Waals surface area contributed by atoms with Gasteiger partial charge in [-0.2, -0.15) is 5.10 Å². The maximum Gasteiger partial charge on any atom is 0.269 e. The van der Waals surface area contributed by atoms with Gasteiger partial charge in [0.2, 0.25) is 5.75 Å². The van der Waals surface area contributed by atoms with Crippen molar-refractivity contribution in [1.29, 1.82) is 0 Å². The third-order valence-electron chi connectivity index (χ3n) is 4.47. The molecule has 1 aromatic heterocycles. The predicted octanol–water partition coefficient (Wildman–Crippen LogP) is 3.12. The summed E-state index contributed by atoms with van der Waals surface area (Å²) in [5, 5.41) is 18.1. The summed E-state index contributed by atoms with van der Waals surface area (Å²) >= 11 is 0. The van der Waals surface area contributed by atoms with Crippen LogP contribution in [0, 0.1) is 17.0 Å². The number of non-ortho nitro benzene ring substituents is 1. The van der Waals surface area contributed by atoms with Gasteiger partial charge in [0.15, 0.2) is 11.5 Å². The van der Waals surface area contributed by atoms with Gasteiger partial charge in [0.1, 0.15) is 19.0 Å². The number of anilines is 1. The summed E-state index contributed by atoms with van der Waals surface area (Å²) in [6, 6.07) is 10.7. The maximum atomic E-state index is 12.9. The second kappa shape index (κ2) is 7.74. The quantitative estimate of drug-likeness (QED) is 0.507. The van der Waals surface area contributed by atoms with E-state index < -0.39 is 10.8 Å². The largest absolute Gasteiger partial charge is 0.493 e. The van der Waals surface area contributed by atoms with E-state index in [4.69, 9.17) is 14.2 Å². The molecule has 0 radical (unpaired) electrons. The van der Waals surface area contributed by atoms with Gasteiger partial charge in [-0.3, -0.25) is 14.9 Å². The first kappa shape index (κ1) is 19.2. The number of benzene rings is 2. The molecule has 0 saturated heterocycles. The first-order chi connectivity index (χ1) is 14.5. The lowest BCUT2D eigenvalue weighted by Crippen LogP contribution is -2.19. The van der Waals surface area contributed by atoms with Crippen molar-refractivity contribution in [2.24, 2.45) is 0 Å². The number of nitrogens with one attached hydrogen (secondary N) is 1. The second-order valence-corrected chi connectivity index (χ2v) is 6.51. The number of ether oxygens (including phenoxy) is 3. The van der Waals surface area contributed by atoms with Crippen LogP contribution in [0.2, 0.25) is 0 Å². The molecule has 3 aromatic rings. The van der Waals surface area contributed by atoms with E-state index in [0.29, 0.717) is 53.2 Å². The fraction of sp³-hybridized carbons (Fsp3) is 0.200. The molecule has 10 heteroatoms. The number of fused-ring (bicyclic) bond motifs is 1. The molecule has 10 nitrogen and oxygen atoms in total. The van der Waals surface area contributed by atoms with E-state index in [1.54, 1.807) is 37.3 Å². The normalized spacial score (nSPS) is 12.3. The second-order valence-electron chi connectivity index (χ2n) is 6.51. The highest BCUT2D eigenvalue weighted by molar-refractivity contribution is 6.04. The number of nitro groups is 1. The Morgan fingerprint density at radius 1 is 1.20 bits per heavy atom. The van der Waals surface area contributed by atoms with Gasteiger partial charge in [-0.05, 0) is 31.2 Å². The summed E-state index contributed by atoms with van der Waals surface area (Å²) in [7, 11) is 1.49. The fourth-order valence-electron chi connectivity index (χ4n) is 3.09. The van der Waals surface area contributed by atoms with Gasteiger partial charge in [0.25, 0.3) is 11.6 Å². The zero-order valence-electron chi connectivity index (χ0n) is 16.2. The topological polar surface area (TPSA) is 118 Å². The molecule has 0 saturated carbocycles. The van der Waals surface area contributed by atoms with Crippen molar-refractivity contribution in [2.75, 3.05) is 25.6 Å². The Hall–Kier alpha value is -4.08. The van der Waals surface area contributed by atoms with Gasteiger partial charge in [-0.25, -0.2) is 4.68 Å². The van der Waals surface area contributed by atoms with Crippen molar-refractivity contribution in [3.63, 3.8) is 0 Å². The van der Waals surface area contributed by atoms with E-state index in [0.717, 1.165) is 0 Å². The van der Waals surface area contributed by atoms with Crippen molar-refractivity contribution in [1.82, 2.24) is 9.78 Å². The molecule has 2 aromatic carbocycles. The van der Waals surface area contributed by atoms with Crippen LogP contribution in [-0.2, 0) is 0 Å². The maximum absolute atomic E-state index is 12.9. The smallest absolute Gasteiger partial charge is 0.269 e. The summed E-state index contributed by atoms with van der Waals surface area (Å²) in [6.45, 7) is 2.57. The summed E-state index contributed by atoms with van der Waals surface area (Å²) in [6.07, 6.45) is 0. The van der Waals surface area contributed by atoms with Gasteiger partial charge >= 0.3 is 0 Å². The summed E-state index contributed by atoms with van der Waals surface area (Å²) in [5.74, 6) is 1.32. The first-order valence-corrected chi connectivity index (χ1v) is 9.07. The number of aromatic nitrogens is 2.